The fraction of sp³-hybridized carbons (Fsp3) is 0.519. The Kier molecular flexibility index (Phi) is 10.2. The minimum atomic E-state index is -4.42. The highest BCUT2D eigenvalue weighted by Crippen LogP contribution is 2.48. The Morgan fingerprint density at radius 2 is 2.05 bits per heavy atom. The van der Waals surface area contributed by atoms with Crippen molar-refractivity contribution in [3.05, 3.63) is 54.5 Å². The van der Waals surface area contributed by atoms with Gasteiger partial charge in [-0.05, 0) is 37.6 Å². The van der Waals surface area contributed by atoms with E-state index in [0.717, 1.165) is 19.3 Å². The number of nitrogens with two attached hydrogens (primary N) is 1. The predicted molar refractivity (Wildman–Crippen MR) is 150 cm³/mol. The third-order valence-electron chi connectivity index (χ3n) is 7.08. The lowest BCUT2D eigenvalue weighted by atomic mass is 9.86. The summed E-state index contributed by atoms with van der Waals surface area (Å²) in [4.78, 5) is 16.5. The first kappa shape index (κ1) is 31.8. The maximum atomic E-state index is 14.6. The second-order valence-corrected chi connectivity index (χ2v) is 11.9. The molecule has 5 atom stereocenters. The van der Waals surface area contributed by atoms with Crippen molar-refractivity contribution in [1.82, 2.24) is 19.7 Å². The summed E-state index contributed by atoms with van der Waals surface area (Å²) < 4.78 is 51.9. The monoisotopic (exact) mass is 609 g/mol. The Hall–Kier alpha value is -3.13. The number of fused-ring (bicyclic) bond motifs is 1. The molecular formula is C27H37FN5O8P. The first-order chi connectivity index (χ1) is 20.1. The molecule has 0 radical (unpaired) electrons. The summed E-state index contributed by atoms with van der Waals surface area (Å²) in [5, 5.41) is 29.4. The van der Waals surface area contributed by atoms with Crippen molar-refractivity contribution < 1.29 is 42.5 Å². The molecule has 0 spiro atoms. The number of esters is 1. The van der Waals surface area contributed by atoms with Gasteiger partial charge in [0.15, 0.2) is 11.4 Å². The van der Waals surface area contributed by atoms with Gasteiger partial charge in [-0.2, -0.15) is 10.2 Å². The minimum Gasteiger partial charge on any atom is -0.465 e. The van der Waals surface area contributed by atoms with Gasteiger partial charge in [-0.3, -0.25) is 9.32 Å². The molecule has 1 unspecified atom stereocenters. The number of para-hydroxylation sites is 1. The summed E-state index contributed by atoms with van der Waals surface area (Å²) in [5.74, 6) is -0.406. The average Bonchev–Trinajstić information content (AvgIpc) is 3.53. The van der Waals surface area contributed by atoms with Gasteiger partial charge in [0, 0.05) is 0 Å². The lowest BCUT2D eigenvalue weighted by Gasteiger charge is -2.33. The van der Waals surface area contributed by atoms with Gasteiger partial charge in [-0.1, -0.05) is 44.4 Å². The van der Waals surface area contributed by atoms with E-state index in [9.17, 15) is 24.0 Å². The third kappa shape index (κ3) is 6.74. The molecule has 1 aliphatic heterocycles. The van der Waals surface area contributed by atoms with Crippen molar-refractivity contribution >= 4 is 25.1 Å². The molecule has 0 amide bonds. The van der Waals surface area contributed by atoms with E-state index in [2.05, 4.69) is 22.1 Å². The highest BCUT2D eigenvalue weighted by atomic mass is 31.2. The molecule has 0 bridgehead atoms. The molecule has 1 aliphatic rings. The van der Waals surface area contributed by atoms with Crippen molar-refractivity contribution in [1.29, 1.82) is 0 Å². The van der Waals surface area contributed by atoms with Crippen LogP contribution in [0.5, 0.6) is 5.75 Å². The van der Waals surface area contributed by atoms with Crippen LogP contribution in [0.25, 0.3) is 5.52 Å². The van der Waals surface area contributed by atoms with Crippen LogP contribution in [0.15, 0.2) is 48.8 Å². The van der Waals surface area contributed by atoms with Crippen LogP contribution in [-0.2, 0) is 29.0 Å². The van der Waals surface area contributed by atoms with E-state index < -0.39 is 57.0 Å². The number of nitrogens with zero attached hydrogens (tertiary/aromatic N) is 3. The molecule has 15 heteroatoms. The largest absolute Gasteiger partial charge is 0.465 e. The molecule has 3 aromatic rings. The summed E-state index contributed by atoms with van der Waals surface area (Å²) in [6.07, 6.45) is 2.91. The summed E-state index contributed by atoms with van der Waals surface area (Å²) in [5.41, 5.74) is 2.02. The number of anilines is 1. The Balaban J connectivity index is 1.52. The predicted octanol–water partition coefficient (Wildman–Crippen LogP) is 2.90. The van der Waals surface area contributed by atoms with Crippen LogP contribution in [0, 0.1) is 0 Å². The number of hydrogen-bond donors (Lipinski definition) is 4. The zero-order chi connectivity index (χ0) is 30.4. The van der Waals surface area contributed by atoms with Gasteiger partial charge in [-0.15, -0.1) is 0 Å². The van der Waals surface area contributed by atoms with Gasteiger partial charge in [0.25, 0.3) is 0 Å². The van der Waals surface area contributed by atoms with E-state index in [1.54, 1.807) is 18.2 Å². The van der Waals surface area contributed by atoms with Gasteiger partial charge >= 0.3 is 13.7 Å². The number of carbonyl (C=O) groups excluding carboxylic acids is 1. The van der Waals surface area contributed by atoms with Crippen molar-refractivity contribution in [3.8, 4) is 5.75 Å². The van der Waals surface area contributed by atoms with Crippen molar-refractivity contribution in [2.75, 3.05) is 32.2 Å². The van der Waals surface area contributed by atoms with E-state index in [1.165, 1.54) is 42.0 Å². The summed E-state index contributed by atoms with van der Waals surface area (Å²) in [6, 6.07) is 9.90. The first-order valence-corrected chi connectivity index (χ1v) is 15.2. The maximum Gasteiger partial charge on any atom is 0.459 e. The van der Waals surface area contributed by atoms with Crippen LogP contribution >= 0.6 is 7.75 Å². The number of halogens is 1. The molecule has 2 aromatic heterocycles. The number of ether oxygens (including phenoxy) is 2. The van der Waals surface area contributed by atoms with Gasteiger partial charge in [0.1, 0.15) is 42.0 Å². The smallest absolute Gasteiger partial charge is 0.459 e. The van der Waals surface area contributed by atoms with Crippen molar-refractivity contribution in [2.45, 2.75) is 62.9 Å². The maximum absolute atomic E-state index is 14.6. The average molecular weight is 610 g/mol. The molecule has 0 aliphatic carbocycles. The Morgan fingerprint density at radius 3 is 2.76 bits per heavy atom. The van der Waals surface area contributed by atoms with Crippen molar-refractivity contribution in [2.24, 2.45) is 0 Å². The SMILES string of the molecule is CCCCCCOC(=O)[C@H](C)N[P@](=O)(OC[C@@]1(CF)OCC(O)(c2ccc3c(N)ncnn23)[C@@H]1O)Oc1ccccc1. The molecule has 5 N–H and O–H groups in total. The van der Waals surface area contributed by atoms with E-state index in [-0.39, 0.29) is 23.9 Å². The quantitative estimate of drug-likeness (QED) is 0.113. The number of unbranched alkanes of at least 4 members (excludes halogenated alkanes) is 3. The Morgan fingerprint density at radius 1 is 1.29 bits per heavy atom. The molecule has 230 valence electrons. The second kappa shape index (κ2) is 13.4. The summed E-state index contributed by atoms with van der Waals surface area (Å²) in [6.45, 7) is 1.01. The molecule has 1 saturated heterocycles. The van der Waals surface area contributed by atoms with E-state index in [0.29, 0.717) is 11.9 Å². The highest BCUT2D eigenvalue weighted by Gasteiger charge is 2.60. The molecule has 1 fully saturated rings. The van der Waals surface area contributed by atoms with E-state index in [4.69, 9.17) is 24.3 Å². The Bertz CT molecular complexity index is 1400. The number of aliphatic hydroxyl groups excluding tert-OH is 1. The molecular weight excluding hydrogens is 572 g/mol. The standard InChI is InChI=1S/C27H37FN5O8P/c1-3-4-5-9-14-38-24(34)19(2)32-42(37,41-20-10-7-6-8-11-20)40-16-26(15-28)25(35)27(36,17-39-26)22-13-12-21-23(29)30-18-31-33(21)22/h6-8,10-13,18-19,25,35-36H,3-5,9,14-17H2,1-2H3,(H,32,37)(H2,29,30,31)/t19-,25+,26+,27?,42-/m0/s1. The molecule has 0 saturated carbocycles. The fourth-order valence-electron chi connectivity index (χ4n) is 4.63. The number of alkyl halides is 1. The fourth-order valence-corrected chi connectivity index (χ4v) is 6.18. The minimum absolute atomic E-state index is 0.0755. The Labute approximate surface area is 242 Å². The lowest BCUT2D eigenvalue weighted by molar-refractivity contribution is -0.145. The van der Waals surface area contributed by atoms with Gasteiger partial charge in [0.05, 0.1) is 25.5 Å². The summed E-state index contributed by atoms with van der Waals surface area (Å²) >= 11 is 0. The van der Waals surface area contributed by atoms with Crippen LogP contribution in [0.1, 0.15) is 45.2 Å². The lowest BCUT2D eigenvalue weighted by Crippen LogP contribution is -2.53. The van der Waals surface area contributed by atoms with Crippen LogP contribution < -0.4 is 15.3 Å². The molecule has 1 aromatic carbocycles. The van der Waals surface area contributed by atoms with Crippen LogP contribution in [-0.4, -0.2) is 75.0 Å². The number of rotatable bonds is 15. The van der Waals surface area contributed by atoms with Crippen LogP contribution in [0.2, 0.25) is 0 Å². The molecule has 4 rings (SSSR count). The van der Waals surface area contributed by atoms with E-state index >= 15 is 0 Å². The number of nitrogen functional groups attached to an aromatic ring is 1. The van der Waals surface area contributed by atoms with Gasteiger partial charge in [0.2, 0.25) is 0 Å². The number of carbonyl (C=O) groups is 1. The van der Waals surface area contributed by atoms with Crippen LogP contribution in [0.3, 0.4) is 0 Å². The zero-order valence-corrected chi connectivity index (χ0v) is 24.4. The molecule has 42 heavy (non-hydrogen) atoms. The number of hydrogen-bond acceptors (Lipinski definition) is 11. The number of aliphatic hydroxyl groups is 2. The molecule has 13 nitrogen and oxygen atoms in total. The zero-order valence-electron chi connectivity index (χ0n) is 23.5. The van der Waals surface area contributed by atoms with Gasteiger partial charge < -0.3 is 29.9 Å². The normalized spacial score (nSPS) is 24.4. The molecule has 3 heterocycles. The third-order valence-corrected chi connectivity index (χ3v) is 8.70. The van der Waals surface area contributed by atoms with Crippen LogP contribution in [0.4, 0.5) is 10.2 Å². The summed E-state index contributed by atoms with van der Waals surface area (Å²) in [7, 11) is -4.42. The van der Waals surface area contributed by atoms with E-state index in [1.807, 2.05) is 0 Å². The highest BCUT2D eigenvalue weighted by molar-refractivity contribution is 7.52. The number of benzene rings is 1. The van der Waals surface area contributed by atoms with Gasteiger partial charge in [-0.25, -0.2) is 18.5 Å². The topological polar surface area (TPSA) is 180 Å². The first-order valence-electron chi connectivity index (χ1n) is 13.7. The van der Waals surface area contributed by atoms with Crippen molar-refractivity contribution in [3.63, 3.8) is 0 Å². The number of nitrogens with one attached hydrogen (secondary N) is 1. The number of aromatic nitrogens is 3. The second-order valence-electron chi connectivity index (χ2n) is 10.2.